The molecular formula is C13H18N2. The maximum absolute atomic E-state index is 4.40. The fourth-order valence-electron chi connectivity index (χ4n) is 1.47. The SMILES string of the molecule is CC.CC1=Cc2ccnc(C)c2N=CC1. The van der Waals surface area contributed by atoms with Crippen LogP contribution in [-0.4, -0.2) is 11.2 Å². The van der Waals surface area contributed by atoms with Gasteiger partial charge in [0.25, 0.3) is 0 Å². The molecule has 0 saturated heterocycles. The molecule has 0 atom stereocenters. The number of pyridine rings is 1. The summed E-state index contributed by atoms with van der Waals surface area (Å²) in [6, 6.07) is 2.01. The Balaban J connectivity index is 0.000000531. The molecule has 0 saturated carbocycles. The van der Waals surface area contributed by atoms with Gasteiger partial charge in [0.1, 0.15) is 0 Å². The Kier molecular flexibility index (Phi) is 4.22. The first-order valence-electron chi connectivity index (χ1n) is 5.42. The minimum absolute atomic E-state index is 0.939. The minimum Gasteiger partial charge on any atom is -0.259 e. The van der Waals surface area contributed by atoms with Crippen LogP contribution in [0.3, 0.4) is 0 Å². The third-order valence-electron chi connectivity index (χ3n) is 2.17. The second-order valence-electron chi connectivity index (χ2n) is 3.34. The van der Waals surface area contributed by atoms with Gasteiger partial charge in [0.15, 0.2) is 0 Å². The minimum atomic E-state index is 0.939. The van der Waals surface area contributed by atoms with Crippen molar-refractivity contribution in [3.63, 3.8) is 0 Å². The smallest absolute Gasteiger partial charge is 0.0910 e. The van der Waals surface area contributed by atoms with Crippen molar-refractivity contribution in [2.75, 3.05) is 0 Å². The molecule has 0 fully saturated rings. The summed E-state index contributed by atoms with van der Waals surface area (Å²) in [6.45, 7) is 8.11. The lowest BCUT2D eigenvalue weighted by Crippen LogP contribution is -1.83. The molecule has 15 heavy (non-hydrogen) atoms. The van der Waals surface area contributed by atoms with E-state index in [1.54, 1.807) is 0 Å². The first-order valence-corrected chi connectivity index (χ1v) is 5.42. The number of aromatic nitrogens is 1. The average Bonchev–Trinajstić information content (AvgIpc) is 2.43. The van der Waals surface area contributed by atoms with Gasteiger partial charge < -0.3 is 0 Å². The van der Waals surface area contributed by atoms with Crippen molar-refractivity contribution in [3.8, 4) is 0 Å². The highest BCUT2D eigenvalue weighted by molar-refractivity contribution is 5.78. The molecule has 1 aliphatic rings. The molecule has 0 radical (unpaired) electrons. The number of hydrogen-bond acceptors (Lipinski definition) is 2. The van der Waals surface area contributed by atoms with Gasteiger partial charge in [0.05, 0.1) is 11.4 Å². The summed E-state index contributed by atoms with van der Waals surface area (Å²) < 4.78 is 0. The largest absolute Gasteiger partial charge is 0.259 e. The number of nitrogens with zero attached hydrogens (tertiary/aromatic N) is 2. The molecule has 0 N–H and O–H groups in total. The fourth-order valence-corrected chi connectivity index (χ4v) is 1.47. The van der Waals surface area contributed by atoms with Gasteiger partial charge in [0.2, 0.25) is 0 Å². The third-order valence-corrected chi connectivity index (χ3v) is 2.17. The maximum atomic E-state index is 4.40. The van der Waals surface area contributed by atoms with Crippen molar-refractivity contribution in [3.05, 3.63) is 29.1 Å². The lowest BCUT2D eigenvalue weighted by Gasteiger charge is -2.01. The quantitative estimate of drug-likeness (QED) is 0.625. The van der Waals surface area contributed by atoms with Crippen LogP contribution in [0.5, 0.6) is 0 Å². The van der Waals surface area contributed by atoms with Gasteiger partial charge in [-0.3, -0.25) is 9.98 Å². The summed E-state index contributed by atoms with van der Waals surface area (Å²) in [7, 11) is 0. The van der Waals surface area contributed by atoms with Crippen LogP contribution in [0.1, 0.15) is 38.4 Å². The lowest BCUT2D eigenvalue weighted by molar-refractivity contribution is 1.18. The van der Waals surface area contributed by atoms with Crippen LogP contribution in [0, 0.1) is 6.92 Å². The highest BCUT2D eigenvalue weighted by Crippen LogP contribution is 2.26. The molecular weight excluding hydrogens is 184 g/mol. The molecule has 1 aliphatic heterocycles. The zero-order valence-electron chi connectivity index (χ0n) is 9.91. The van der Waals surface area contributed by atoms with Gasteiger partial charge in [0, 0.05) is 24.4 Å². The molecule has 1 aromatic rings. The van der Waals surface area contributed by atoms with Crippen LogP contribution in [-0.2, 0) is 0 Å². The highest BCUT2D eigenvalue weighted by Gasteiger charge is 2.05. The predicted octanol–water partition coefficient (Wildman–Crippen LogP) is 3.93. The zero-order chi connectivity index (χ0) is 11.3. The number of fused-ring (bicyclic) bond motifs is 1. The van der Waals surface area contributed by atoms with E-state index in [1.807, 2.05) is 39.2 Å². The van der Waals surface area contributed by atoms with E-state index in [1.165, 1.54) is 11.1 Å². The van der Waals surface area contributed by atoms with Crippen molar-refractivity contribution in [1.29, 1.82) is 0 Å². The van der Waals surface area contributed by atoms with Gasteiger partial charge in [-0.25, -0.2) is 0 Å². The topological polar surface area (TPSA) is 25.2 Å². The molecule has 0 spiro atoms. The predicted molar refractivity (Wildman–Crippen MR) is 66.7 cm³/mol. The summed E-state index contributed by atoms with van der Waals surface area (Å²) in [4.78, 5) is 8.61. The van der Waals surface area contributed by atoms with Crippen LogP contribution in [0.15, 0.2) is 22.8 Å². The van der Waals surface area contributed by atoms with Gasteiger partial charge in [-0.2, -0.15) is 0 Å². The van der Waals surface area contributed by atoms with Crippen molar-refractivity contribution in [2.24, 2.45) is 4.99 Å². The van der Waals surface area contributed by atoms with E-state index in [9.17, 15) is 0 Å². The first-order chi connectivity index (χ1) is 7.27. The summed E-state index contributed by atoms with van der Waals surface area (Å²) >= 11 is 0. The van der Waals surface area contributed by atoms with Gasteiger partial charge >= 0.3 is 0 Å². The van der Waals surface area contributed by atoms with Gasteiger partial charge in [-0.05, 0) is 19.9 Å². The van der Waals surface area contributed by atoms with E-state index in [-0.39, 0.29) is 0 Å². The van der Waals surface area contributed by atoms with Crippen LogP contribution in [0.4, 0.5) is 5.69 Å². The van der Waals surface area contributed by atoms with E-state index in [0.717, 1.165) is 17.8 Å². The van der Waals surface area contributed by atoms with Crippen molar-refractivity contribution in [2.45, 2.75) is 34.1 Å². The molecule has 1 aromatic heterocycles. The Bertz CT molecular complexity index is 390. The van der Waals surface area contributed by atoms with E-state index < -0.39 is 0 Å². The zero-order valence-corrected chi connectivity index (χ0v) is 9.91. The summed E-state index contributed by atoms with van der Waals surface area (Å²) in [5.41, 5.74) is 4.53. The normalized spacial score (nSPS) is 13.2. The summed E-state index contributed by atoms with van der Waals surface area (Å²) in [5.74, 6) is 0. The first kappa shape index (κ1) is 11.6. The van der Waals surface area contributed by atoms with Crippen LogP contribution in [0.2, 0.25) is 0 Å². The molecule has 80 valence electrons. The fraction of sp³-hybridized carbons (Fsp3) is 0.385. The van der Waals surface area contributed by atoms with Crippen LogP contribution >= 0.6 is 0 Å². The number of rotatable bonds is 0. The number of aliphatic imine (C=N–C) groups is 1. The Labute approximate surface area is 91.8 Å². The number of allylic oxidation sites excluding steroid dienone is 1. The summed E-state index contributed by atoms with van der Waals surface area (Å²) in [5, 5.41) is 0. The number of hydrogen-bond donors (Lipinski definition) is 0. The van der Waals surface area contributed by atoms with E-state index in [2.05, 4.69) is 23.0 Å². The van der Waals surface area contributed by atoms with Gasteiger partial charge in [-0.1, -0.05) is 25.5 Å². The average molecular weight is 202 g/mol. The molecule has 0 unspecified atom stereocenters. The van der Waals surface area contributed by atoms with Crippen molar-refractivity contribution in [1.82, 2.24) is 4.98 Å². The number of aryl methyl sites for hydroxylation is 1. The Hall–Kier alpha value is -1.44. The van der Waals surface area contributed by atoms with E-state index >= 15 is 0 Å². The monoisotopic (exact) mass is 202 g/mol. The maximum Gasteiger partial charge on any atom is 0.0910 e. The molecule has 0 aromatic carbocycles. The molecule has 2 rings (SSSR count). The standard InChI is InChI=1S/C11H12N2.C2H6/c1-8-3-5-13-11-9(2)12-6-4-10(11)7-8;1-2/h4-7H,3H2,1-2H3;1-2H3. The molecule has 2 heteroatoms. The van der Waals surface area contributed by atoms with E-state index in [4.69, 9.17) is 0 Å². The second kappa shape index (κ2) is 5.44. The lowest BCUT2D eigenvalue weighted by atomic mass is 10.1. The highest BCUT2D eigenvalue weighted by atomic mass is 14.8. The molecule has 0 aliphatic carbocycles. The van der Waals surface area contributed by atoms with Crippen molar-refractivity contribution < 1.29 is 0 Å². The van der Waals surface area contributed by atoms with E-state index in [0.29, 0.717) is 0 Å². The Morgan fingerprint density at radius 2 is 1.93 bits per heavy atom. The Morgan fingerprint density at radius 1 is 1.20 bits per heavy atom. The second-order valence-corrected chi connectivity index (χ2v) is 3.34. The molecule has 2 nitrogen and oxygen atoms in total. The molecule has 2 heterocycles. The van der Waals surface area contributed by atoms with Crippen LogP contribution in [0.25, 0.3) is 6.08 Å². The van der Waals surface area contributed by atoms with Crippen LogP contribution < -0.4 is 0 Å². The molecule has 0 amide bonds. The van der Waals surface area contributed by atoms with Crippen molar-refractivity contribution >= 4 is 18.0 Å². The van der Waals surface area contributed by atoms with Gasteiger partial charge in [-0.15, -0.1) is 0 Å². The Morgan fingerprint density at radius 3 is 2.67 bits per heavy atom. The molecule has 0 bridgehead atoms. The third kappa shape index (κ3) is 2.75. The summed E-state index contributed by atoms with van der Waals surface area (Å²) in [6.07, 6.45) is 6.90.